The van der Waals surface area contributed by atoms with Gasteiger partial charge in [-0.15, -0.1) is 0 Å². The molecular weight excluding hydrogens is 170 g/mol. The van der Waals surface area contributed by atoms with Crippen LogP contribution in [0.5, 0.6) is 0 Å². The molecule has 1 heterocycles. The van der Waals surface area contributed by atoms with Crippen molar-refractivity contribution in [3.8, 4) is 0 Å². The van der Waals surface area contributed by atoms with Gasteiger partial charge in [0.25, 0.3) is 0 Å². The Hall–Kier alpha value is -1.36. The average molecular weight is 183 g/mol. The molecular formula is C8H13N3O2. The highest BCUT2D eigenvalue weighted by Crippen LogP contribution is 2.10. The number of ether oxygens (including phenoxy) is 1. The fraction of sp³-hybridized carbons (Fsp3) is 0.500. The predicted molar refractivity (Wildman–Crippen MR) is 48.4 cm³/mol. The lowest BCUT2D eigenvalue weighted by molar-refractivity contribution is -0.132. The summed E-state index contributed by atoms with van der Waals surface area (Å²) >= 11 is 0. The van der Waals surface area contributed by atoms with Gasteiger partial charge in [-0.2, -0.15) is 0 Å². The second-order valence-corrected chi connectivity index (χ2v) is 2.80. The first-order chi connectivity index (χ1) is 6.16. The summed E-state index contributed by atoms with van der Waals surface area (Å²) in [6.07, 6.45) is 0.611. The monoisotopic (exact) mass is 183 g/mol. The van der Waals surface area contributed by atoms with E-state index in [4.69, 9.17) is 11.1 Å². The summed E-state index contributed by atoms with van der Waals surface area (Å²) in [5.41, 5.74) is 6.68. The Labute approximate surface area is 76.4 Å². The Morgan fingerprint density at radius 2 is 2.38 bits per heavy atom. The van der Waals surface area contributed by atoms with E-state index < -0.39 is 5.97 Å². The summed E-state index contributed by atoms with van der Waals surface area (Å²) in [5.74, 6) is -0.625. The molecule has 0 aromatic carbocycles. The van der Waals surface area contributed by atoms with Gasteiger partial charge in [-0.05, 0) is 13.0 Å². The second-order valence-electron chi connectivity index (χ2n) is 2.80. The molecule has 72 valence electrons. The zero-order chi connectivity index (χ0) is 9.84. The Morgan fingerprint density at radius 1 is 1.69 bits per heavy atom. The molecule has 0 aromatic heterocycles. The van der Waals surface area contributed by atoms with Crippen molar-refractivity contribution in [2.75, 3.05) is 20.2 Å². The molecule has 13 heavy (non-hydrogen) atoms. The van der Waals surface area contributed by atoms with Crippen LogP contribution >= 0.6 is 0 Å². The van der Waals surface area contributed by atoms with Gasteiger partial charge in [0.05, 0.1) is 7.11 Å². The van der Waals surface area contributed by atoms with E-state index in [0.717, 1.165) is 6.54 Å². The van der Waals surface area contributed by atoms with E-state index in [9.17, 15) is 4.79 Å². The number of rotatable bonds is 2. The third-order valence-electron chi connectivity index (χ3n) is 1.95. The van der Waals surface area contributed by atoms with E-state index >= 15 is 0 Å². The van der Waals surface area contributed by atoms with Gasteiger partial charge in [-0.1, -0.05) is 0 Å². The van der Waals surface area contributed by atoms with Crippen LogP contribution in [0, 0.1) is 5.41 Å². The summed E-state index contributed by atoms with van der Waals surface area (Å²) in [5, 5.41) is 10.5. The van der Waals surface area contributed by atoms with E-state index in [1.165, 1.54) is 7.11 Å². The fourth-order valence-electron chi connectivity index (χ4n) is 1.21. The molecule has 5 heteroatoms. The van der Waals surface area contributed by atoms with Gasteiger partial charge in [-0.25, -0.2) is 4.79 Å². The van der Waals surface area contributed by atoms with Gasteiger partial charge in [0.2, 0.25) is 0 Å². The summed E-state index contributed by atoms with van der Waals surface area (Å²) < 4.78 is 4.44. The third kappa shape index (κ3) is 2.06. The van der Waals surface area contributed by atoms with Crippen LogP contribution in [-0.2, 0) is 9.53 Å². The maximum absolute atomic E-state index is 11.0. The number of hydrogen-bond acceptors (Lipinski definition) is 5. The van der Waals surface area contributed by atoms with Crippen molar-refractivity contribution in [1.29, 1.82) is 5.41 Å². The highest BCUT2D eigenvalue weighted by molar-refractivity contribution is 6.42. The van der Waals surface area contributed by atoms with Crippen molar-refractivity contribution in [2.45, 2.75) is 6.42 Å². The molecule has 0 saturated carbocycles. The standard InChI is InChI=1S/C8H13N3O2/c1-13-8(12)7(10)5-2-3-11-4-6(5)9/h10-11H,2-4,9H2,1H3. The summed E-state index contributed by atoms with van der Waals surface area (Å²) in [4.78, 5) is 11.0. The smallest absolute Gasteiger partial charge is 0.356 e. The minimum atomic E-state index is -0.625. The van der Waals surface area contributed by atoms with Crippen LogP contribution in [0.25, 0.3) is 0 Å². The molecule has 0 amide bonds. The number of carbonyl (C=O) groups excluding carboxylic acids is 1. The normalized spacial score (nSPS) is 17.0. The van der Waals surface area contributed by atoms with Crippen molar-refractivity contribution in [2.24, 2.45) is 5.73 Å². The lowest BCUT2D eigenvalue weighted by Crippen LogP contribution is -2.33. The van der Waals surface area contributed by atoms with Crippen LogP contribution in [0.3, 0.4) is 0 Å². The van der Waals surface area contributed by atoms with Crippen LogP contribution in [0.4, 0.5) is 0 Å². The highest BCUT2D eigenvalue weighted by Gasteiger charge is 2.19. The molecule has 4 N–H and O–H groups in total. The van der Waals surface area contributed by atoms with Gasteiger partial charge in [-0.3, -0.25) is 5.41 Å². The first-order valence-electron chi connectivity index (χ1n) is 4.02. The molecule has 0 unspecified atom stereocenters. The zero-order valence-corrected chi connectivity index (χ0v) is 7.52. The van der Waals surface area contributed by atoms with Crippen LogP contribution in [-0.4, -0.2) is 31.9 Å². The Morgan fingerprint density at radius 3 is 2.92 bits per heavy atom. The average Bonchev–Trinajstić information content (AvgIpc) is 2.16. The maximum Gasteiger partial charge on any atom is 0.356 e. The topological polar surface area (TPSA) is 88.2 Å². The molecule has 5 nitrogen and oxygen atoms in total. The quantitative estimate of drug-likeness (QED) is 0.393. The Kier molecular flexibility index (Phi) is 3.02. The SMILES string of the molecule is COC(=O)C(=N)C1=C(N)CNCC1. The third-order valence-corrected chi connectivity index (χ3v) is 1.95. The van der Waals surface area contributed by atoms with Crippen LogP contribution < -0.4 is 11.1 Å². The van der Waals surface area contributed by atoms with Gasteiger partial charge < -0.3 is 15.8 Å². The van der Waals surface area contributed by atoms with Gasteiger partial charge >= 0.3 is 5.97 Å². The molecule has 1 aliphatic heterocycles. The lowest BCUT2D eigenvalue weighted by Gasteiger charge is -2.17. The van der Waals surface area contributed by atoms with E-state index in [-0.39, 0.29) is 5.71 Å². The molecule has 1 rings (SSSR count). The molecule has 0 spiro atoms. The van der Waals surface area contributed by atoms with E-state index in [1.54, 1.807) is 0 Å². The molecule has 0 saturated heterocycles. The summed E-state index contributed by atoms with van der Waals surface area (Å²) in [6.45, 7) is 1.28. The molecule has 0 aromatic rings. The number of nitrogens with two attached hydrogens (primary N) is 1. The van der Waals surface area contributed by atoms with E-state index in [0.29, 0.717) is 24.2 Å². The Bertz CT molecular complexity index is 271. The minimum Gasteiger partial charge on any atom is -0.464 e. The van der Waals surface area contributed by atoms with E-state index in [2.05, 4.69) is 10.1 Å². The lowest BCUT2D eigenvalue weighted by atomic mass is 10.0. The number of carbonyl (C=O) groups is 1. The van der Waals surface area contributed by atoms with Gasteiger partial charge in [0.15, 0.2) is 0 Å². The fourth-order valence-corrected chi connectivity index (χ4v) is 1.21. The predicted octanol–water partition coefficient (Wildman–Crippen LogP) is -0.615. The summed E-state index contributed by atoms with van der Waals surface area (Å²) in [7, 11) is 1.26. The van der Waals surface area contributed by atoms with Gasteiger partial charge in [0, 0.05) is 17.8 Å². The largest absolute Gasteiger partial charge is 0.464 e. The maximum atomic E-state index is 11.0. The zero-order valence-electron chi connectivity index (χ0n) is 7.52. The second kappa shape index (κ2) is 4.04. The number of nitrogens with one attached hydrogen (secondary N) is 2. The summed E-state index contributed by atoms with van der Waals surface area (Å²) in [6, 6.07) is 0. The Balaban J connectivity index is 2.80. The molecule has 1 aliphatic rings. The number of esters is 1. The van der Waals surface area contributed by atoms with E-state index in [1.807, 2.05) is 0 Å². The molecule has 0 radical (unpaired) electrons. The first-order valence-corrected chi connectivity index (χ1v) is 4.02. The molecule has 0 bridgehead atoms. The van der Waals surface area contributed by atoms with Gasteiger partial charge in [0.1, 0.15) is 5.71 Å². The molecule has 0 aliphatic carbocycles. The van der Waals surface area contributed by atoms with Crippen molar-refractivity contribution < 1.29 is 9.53 Å². The molecule has 0 fully saturated rings. The van der Waals surface area contributed by atoms with Crippen molar-refractivity contribution in [1.82, 2.24) is 5.32 Å². The van der Waals surface area contributed by atoms with Crippen LogP contribution in [0.1, 0.15) is 6.42 Å². The van der Waals surface area contributed by atoms with Crippen molar-refractivity contribution >= 4 is 11.7 Å². The highest BCUT2D eigenvalue weighted by atomic mass is 16.5. The van der Waals surface area contributed by atoms with Crippen molar-refractivity contribution in [3.05, 3.63) is 11.3 Å². The van der Waals surface area contributed by atoms with Crippen LogP contribution in [0.2, 0.25) is 0 Å². The first kappa shape index (κ1) is 9.73. The number of methoxy groups -OCH3 is 1. The van der Waals surface area contributed by atoms with Crippen LogP contribution in [0.15, 0.2) is 11.3 Å². The minimum absolute atomic E-state index is 0.124. The number of hydrogen-bond donors (Lipinski definition) is 3. The molecule has 0 atom stereocenters. The van der Waals surface area contributed by atoms with Crippen molar-refractivity contribution in [3.63, 3.8) is 0 Å².